The lowest BCUT2D eigenvalue weighted by Crippen LogP contribution is -2.13. The molecule has 0 spiro atoms. The van der Waals surface area contributed by atoms with Gasteiger partial charge in [-0.15, -0.1) is 0 Å². The summed E-state index contributed by atoms with van der Waals surface area (Å²) in [6, 6.07) is 0. The van der Waals surface area contributed by atoms with Crippen molar-refractivity contribution < 1.29 is 9.84 Å². The van der Waals surface area contributed by atoms with Gasteiger partial charge < -0.3 is 9.84 Å². The Balaban J connectivity index is 2.15. The first kappa shape index (κ1) is 9.01. The molecule has 0 aromatic heterocycles. The van der Waals surface area contributed by atoms with Crippen LogP contribution in [0, 0.1) is 5.92 Å². The van der Waals surface area contributed by atoms with E-state index in [0.717, 1.165) is 19.4 Å². The summed E-state index contributed by atoms with van der Waals surface area (Å²) in [6.45, 7) is 4.88. The van der Waals surface area contributed by atoms with Crippen molar-refractivity contribution in [1.82, 2.24) is 0 Å². The number of hydrogen-bond acceptors (Lipinski definition) is 2. The summed E-state index contributed by atoms with van der Waals surface area (Å²) in [5, 5.41) is 9.06. The van der Waals surface area contributed by atoms with Crippen molar-refractivity contribution >= 4 is 0 Å². The van der Waals surface area contributed by atoms with E-state index in [2.05, 4.69) is 6.92 Å². The molecule has 3 atom stereocenters. The highest BCUT2D eigenvalue weighted by atomic mass is 16.5. The quantitative estimate of drug-likeness (QED) is 0.675. The summed E-state index contributed by atoms with van der Waals surface area (Å²) in [6.07, 6.45) is 3.46. The molecule has 1 aliphatic rings. The molecular formula is C9H18O2. The smallest absolute Gasteiger partial charge is 0.0576 e. The normalized spacial score (nSPS) is 34.1. The molecule has 0 aromatic rings. The highest BCUT2D eigenvalue weighted by Crippen LogP contribution is 2.25. The number of ether oxygens (including phenoxy) is 1. The minimum absolute atomic E-state index is 0.150. The van der Waals surface area contributed by atoms with E-state index in [1.54, 1.807) is 0 Å². The van der Waals surface area contributed by atoms with Gasteiger partial charge >= 0.3 is 0 Å². The van der Waals surface area contributed by atoms with E-state index in [-0.39, 0.29) is 6.10 Å². The Morgan fingerprint density at radius 1 is 1.64 bits per heavy atom. The van der Waals surface area contributed by atoms with Crippen LogP contribution >= 0.6 is 0 Å². The molecule has 0 radical (unpaired) electrons. The van der Waals surface area contributed by atoms with Crippen LogP contribution in [0.15, 0.2) is 0 Å². The fourth-order valence-corrected chi connectivity index (χ4v) is 1.61. The van der Waals surface area contributed by atoms with Crippen LogP contribution in [0.3, 0.4) is 0 Å². The van der Waals surface area contributed by atoms with Crippen LogP contribution in [-0.2, 0) is 4.74 Å². The number of aliphatic hydroxyl groups is 1. The van der Waals surface area contributed by atoms with Gasteiger partial charge in [0.1, 0.15) is 0 Å². The maximum absolute atomic E-state index is 9.06. The lowest BCUT2D eigenvalue weighted by Gasteiger charge is -2.14. The van der Waals surface area contributed by atoms with Crippen molar-refractivity contribution in [2.24, 2.45) is 5.92 Å². The molecule has 0 aromatic carbocycles. The molecule has 2 unspecified atom stereocenters. The largest absolute Gasteiger partial charge is 0.393 e. The second-order valence-corrected chi connectivity index (χ2v) is 3.55. The standard InChI is InChI=1S/C9H18O2/c1-7(10)3-4-9-5-6-11-8(9)2/h7-10H,3-6H2,1-2H3/t7-,8?,9?/m1/s1. The van der Waals surface area contributed by atoms with Crippen molar-refractivity contribution in [3.63, 3.8) is 0 Å². The van der Waals surface area contributed by atoms with Crippen molar-refractivity contribution in [1.29, 1.82) is 0 Å². The van der Waals surface area contributed by atoms with Crippen LogP contribution in [0.4, 0.5) is 0 Å². The molecule has 1 fully saturated rings. The molecule has 11 heavy (non-hydrogen) atoms. The average molecular weight is 158 g/mol. The first-order valence-electron chi connectivity index (χ1n) is 4.50. The predicted octanol–water partition coefficient (Wildman–Crippen LogP) is 1.57. The minimum Gasteiger partial charge on any atom is -0.393 e. The second kappa shape index (κ2) is 4.07. The SMILES string of the molecule is CC1OCCC1CC[C@@H](C)O. The molecular weight excluding hydrogens is 140 g/mol. The summed E-state index contributed by atoms with van der Waals surface area (Å²) < 4.78 is 5.42. The van der Waals surface area contributed by atoms with Gasteiger partial charge in [0.2, 0.25) is 0 Å². The summed E-state index contributed by atoms with van der Waals surface area (Å²) in [4.78, 5) is 0. The lowest BCUT2D eigenvalue weighted by molar-refractivity contribution is 0.0972. The molecule has 1 N–H and O–H groups in total. The Morgan fingerprint density at radius 3 is 2.82 bits per heavy atom. The molecule has 0 amide bonds. The van der Waals surface area contributed by atoms with Gasteiger partial charge in [0, 0.05) is 6.61 Å². The van der Waals surface area contributed by atoms with Gasteiger partial charge in [0.15, 0.2) is 0 Å². The fourth-order valence-electron chi connectivity index (χ4n) is 1.61. The van der Waals surface area contributed by atoms with E-state index in [1.165, 1.54) is 6.42 Å². The van der Waals surface area contributed by atoms with Gasteiger partial charge in [-0.1, -0.05) is 0 Å². The van der Waals surface area contributed by atoms with E-state index in [4.69, 9.17) is 9.84 Å². The third-order valence-corrected chi connectivity index (χ3v) is 2.49. The van der Waals surface area contributed by atoms with Crippen molar-refractivity contribution in [3.8, 4) is 0 Å². The average Bonchev–Trinajstić information content (AvgIpc) is 2.31. The van der Waals surface area contributed by atoms with Gasteiger partial charge in [-0.2, -0.15) is 0 Å². The molecule has 0 bridgehead atoms. The zero-order valence-corrected chi connectivity index (χ0v) is 7.42. The molecule has 1 saturated heterocycles. The Kier molecular flexibility index (Phi) is 3.34. The van der Waals surface area contributed by atoms with Gasteiger partial charge in [0.25, 0.3) is 0 Å². The molecule has 2 heteroatoms. The number of hydrogen-bond donors (Lipinski definition) is 1. The van der Waals surface area contributed by atoms with E-state index in [0.29, 0.717) is 12.0 Å². The first-order valence-corrected chi connectivity index (χ1v) is 4.50. The van der Waals surface area contributed by atoms with Crippen molar-refractivity contribution in [2.75, 3.05) is 6.61 Å². The molecule has 0 saturated carbocycles. The third kappa shape index (κ3) is 2.80. The molecule has 0 aliphatic carbocycles. The van der Waals surface area contributed by atoms with Crippen LogP contribution in [-0.4, -0.2) is 23.9 Å². The molecule has 1 heterocycles. The Morgan fingerprint density at radius 2 is 2.36 bits per heavy atom. The van der Waals surface area contributed by atoms with Crippen LogP contribution in [0.1, 0.15) is 33.1 Å². The van der Waals surface area contributed by atoms with Gasteiger partial charge in [0.05, 0.1) is 12.2 Å². The van der Waals surface area contributed by atoms with Crippen molar-refractivity contribution in [2.45, 2.75) is 45.3 Å². The highest BCUT2D eigenvalue weighted by Gasteiger charge is 2.23. The van der Waals surface area contributed by atoms with Gasteiger partial charge in [-0.25, -0.2) is 0 Å². The van der Waals surface area contributed by atoms with E-state index in [9.17, 15) is 0 Å². The van der Waals surface area contributed by atoms with Crippen LogP contribution in [0.5, 0.6) is 0 Å². The Labute approximate surface area is 68.6 Å². The summed E-state index contributed by atoms with van der Waals surface area (Å²) in [5.41, 5.74) is 0. The predicted molar refractivity (Wildman–Crippen MR) is 44.4 cm³/mol. The molecule has 66 valence electrons. The Hall–Kier alpha value is -0.0800. The second-order valence-electron chi connectivity index (χ2n) is 3.55. The van der Waals surface area contributed by atoms with Crippen LogP contribution in [0.2, 0.25) is 0 Å². The van der Waals surface area contributed by atoms with Gasteiger partial charge in [-0.3, -0.25) is 0 Å². The molecule has 1 rings (SSSR count). The molecule has 2 nitrogen and oxygen atoms in total. The topological polar surface area (TPSA) is 29.5 Å². The summed E-state index contributed by atoms with van der Waals surface area (Å²) >= 11 is 0. The molecule has 1 aliphatic heterocycles. The van der Waals surface area contributed by atoms with Crippen LogP contribution < -0.4 is 0 Å². The monoisotopic (exact) mass is 158 g/mol. The maximum atomic E-state index is 9.06. The third-order valence-electron chi connectivity index (χ3n) is 2.49. The number of aliphatic hydroxyl groups excluding tert-OH is 1. The lowest BCUT2D eigenvalue weighted by atomic mass is 9.96. The van der Waals surface area contributed by atoms with E-state index >= 15 is 0 Å². The first-order chi connectivity index (χ1) is 5.20. The number of rotatable bonds is 3. The minimum atomic E-state index is -0.150. The fraction of sp³-hybridized carbons (Fsp3) is 1.00. The highest BCUT2D eigenvalue weighted by molar-refractivity contribution is 4.72. The summed E-state index contributed by atoms with van der Waals surface area (Å²) in [7, 11) is 0. The zero-order valence-electron chi connectivity index (χ0n) is 7.42. The van der Waals surface area contributed by atoms with Crippen molar-refractivity contribution in [3.05, 3.63) is 0 Å². The van der Waals surface area contributed by atoms with E-state index in [1.807, 2.05) is 6.92 Å². The van der Waals surface area contributed by atoms with E-state index < -0.39 is 0 Å². The zero-order chi connectivity index (χ0) is 8.27. The van der Waals surface area contributed by atoms with Crippen LogP contribution in [0.25, 0.3) is 0 Å². The Bertz CT molecular complexity index is 112. The van der Waals surface area contributed by atoms with Gasteiger partial charge in [-0.05, 0) is 39.0 Å². The summed E-state index contributed by atoms with van der Waals surface area (Å²) in [5.74, 6) is 0.685. The maximum Gasteiger partial charge on any atom is 0.0576 e.